The van der Waals surface area contributed by atoms with Crippen molar-refractivity contribution in [2.24, 2.45) is 5.92 Å². The Labute approximate surface area is 256 Å². The lowest BCUT2D eigenvalue weighted by molar-refractivity contribution is -0.286. The van der Waals surface area contributed by atoms with Gasteiger partial charge in [-0.25, -0.2) is 4.68 Å². The minimum atomic E-state index is -4.66. The summed E-state index contributed by atoms with van der Waals surface area (Å²) in [7, 11) is 0. The maximum Gasteiger partial charge on any atom is 0.586 e. The summed E-state index contributed by atoms with van der Waals surface area (Å²) in [5.74, 6) is -0.292. The number of carbonyl (C=O) groups is 1. The molecule has 13 heteroatoms. The third-order valence-electron chi connectivity index (χ3n) is 8.41. The van der Waals surface area contributed by atoms with Crippen LogP contribution in [0.3, 0.4) is 0 Å². The second-order valence-corrected chi connectivity index (χ2v) is 11.5. The van der Waals surface area contributed by atoms with Crippen LogP contribution < -0.4 is 14.2 Å². The standard InChI is InChI=1S/C32H33F5N2O6/c1-3-41-30(40)19-10-13-22(14-11-19)43-26-9-5-8-24-28(26)39(38-29(24)31(33,34)35)21-6-4-7-23(17-21)42-18(2)20-12-15-25-27(16-20)45-32(36,37)44-25/h4,6-7,12,15-19,22,26H,3,5,8-11,13-14H2,1-2H3/t18-,19-,22-,26?/m0/s1. The number of hydrogen-bond donors (Lipinski definition) is 0. The number of halogens is 5. The highest BCUT2D eigenvalue weighted by Crippen LogP contribution is 2.44. The first-order chi connectivity index (χ1) is 21.4. The first kappa shape index (κ1) is 31.1. The average Bonchev–Trinajstić information content (AvgIpc) is 3.54. The summed E-state index contributed by atoms with van der Waals surface area (Å²) in [6.45, 7) is 3.79. The molecular formula is C32H33F5N2O6. The van der Waals surface area contributed by atoms with E-state index in [1.807, 2.05) is 0 Å². The van der Waals surface area contributed by atoms with E-state index in [-0.39, 0.29) is 41.5 Å². The van der Waals surface area contributed by atoms with Crippen molar-refractivity contribution < 1.29 is 50.4 Å². The Morgan fingerprint density at radius 2 is 1.82 bits per heavy atom. The molecule has 0 bridgehead atoms. The van der Waals surface area contributed by atoms with Crippen LogP contribution in [0.15, 0.2) is 42.5 Å². The van der Waals surface area contributed by atoms with E-state index in [0.29, 0.717) is 67.8 Å². The van der Waals surface area contributed by atoms with Crippen molar-refractivity contribution in [3.8, 4) is 22.9 Å². The van der Waals surface area contributed by atoms with Gasteiger partial charge in [-0.15, -0.1) is 8.78 Å². The maximum absolute atomic E-state index is 14.2. The molecule has 242 valence electrons. The van der Waals surface area contributed by atoms with Crippen molar-refractivity contribution in [1.82, 2.24) is 9.78 Å². The molecule has 1 aliphatic heterocycles. The number of fused-ring (bicyclic) bond motifs is 2. The second-order valence-electron chi connectivity index (χ2n) is 11.5. The molecule has 2 atom stereocenters. The van der Waals surface area contributed by atoms with Crippen LogP contribution in [0.4, 0.5) is 22.0 Å². The summed E-state index contributed by atoms with van der Waals surface area (Å²) in [5, 5.41) is 4.06. The van der Waals surface area contributed by atoms with Crippen molar-refractivity contribution in [1.29, 1.82) is 0 Å². The summed E-state index contributed by atoms with van der Waals surface area (Å²) in [6.07, 6.45) is -6.18. The lowest BCUT2D eigenvalue weighted by Crippen LogP contribution is -2.29. The number of alkyl halides is 5. The lowest BCUT2D eigenvalue weighted by Gasteiger charge is -2.33. The summed E-state index contributed by atoms with van der Waals surface area (Å²) in [4.78, 5) is 12.2. The van der Waals surface area contributed by atoms with Gasteiger partial charge in [0.2, 0.25) is 0 Å². The molecule has 0 radical (unpaired) electrons. The minimum Gasteiger partial charge on any atom is -0.486 e. The zero-order valence-corrected chi connectivity index (χ0v) is 24.7. The molecule has 0 N–H and O–H groups in total. The van der Waals surface area contributed by atoms with Gasteiger partial charge in [0, 0.05) is 11.6 Å². The van der Waals surface area contributed by atoms with Crippen LogP contribution in [-0.4, -0.2) is 34.8 Å². The van der Waals surface area contributed by atoms with Gasteiger partial charge in [-0.3, -0.25) is 4.79 Å². The molecule has 0 amide bonds. The highest BCUT2D eigenvalue weighted by molar-refractivity contribution is 5.72. The lowest BCUT2D eigenvalue weighted by atomic mass is 9.86. The average molecular weight is 637 g/mol. The summed E-state index contributed by atoms with van der Waals surface area (Å²) >= 11 is 0. The van der Waals surface area contributed by atoms with Crippen LogP contribution in [0, 0.1) is 5.92 Å². The van der Waals surface area contributed by atoms with Crippen molar-refractivity contribution >= 4 is 5.97 Å². The van der Waals surface area contributed by atoms with Crippen molar-refractivity contribution in [2.45, 2.75) is 89.6 Å². The highest BCUT2D eigenvalue weighted by Gasteiger charge is 2.44. The molecule has 3 aliphatic rings. The Balaban J connectivity index is 1.24. The quantitative estimate of drug-likeness (QED) is 0.184. The SMILES string of the molecule is CCOC(=O)[C@H]1CC[C@H](OC2CCCc3c(C(F)(F)F)nn(-c4cccc(O[C@@H](C)c5ccc6c(c5)OC(F)(F)O6)c4)c32)CC1. The molecular weight excluding hydrogens is 603 g/mol. The Morgan fingerprint density at radius 1 is 1.07 bits per heavy atom. The van der Waals surface area contributed by atoms with Gasteiger partial charge in [0.15, 0.2) is 17.2 Å². The molecule has 0 spiro atoms. The van der Waals surface area contributed by atoms with Crippen LogP contribution in [0.1, 0.15) is 87.1 Å². The largest absolute Gasteiger partial charge is 0.586 e. The fourth-order valence-corrected chi connectivity index (χ4v) is 6.30. The summed E-state index contributed by atoms with van der Waals surface area (Å²) < 4.78 is 97.5. The van der Waals surface area contributed by atoms with E-state index in [2.05, 4.69) is 14.6 Å². The predicted molar refractivity (Wildman–Crippen MR) is 149 cm³/mol. The van der Waals surface area contributed by atoms with E-state index in [4.69, 9.17) is 14.2 Å². The normalized spacial score (nSPS) is 22.9. The monoisotopic (exact) mass is 636 g/mol. The number of ether oxygens (including phenoxy) is 5. The van der Waals surface area contributed by atoms with Crippen molar-refractivity contribution in [2.75, 3.05) is 6.61 Å². The predicted octanol–water partition coefficient (Wildman–Crippen LogP) is 7.87. The van der Waals surface area contributed by atoms with Gasteiger partial charge >= 0.3 is 18.4 Å². The van der Waals surface area contributed by atoms with Crippen LogP contribution in [0.2, 0.25) is 0 Å². The number of rotatable bonds is 8. The molecule has 1 aromatic heterocycles. The van der Waals surface area contributed by atoms with E-state index in [1.165, 1.54) is 16.8 Å². The van der Waals surface area contributed by atoms with E-state index in [0.717, 1.165) is 0 Å². The first-order valence-corrected chi connectivity index (χ1v) is 15.1. The van der Waals surface area contributed by atoms with Gasteiger partial charge in [0.25, 0.3) is 0 Å². The van der Waals surface area contributed by atoms with E-state index < -0.39 is 30.4 Å². The Hall–Kier alpha value is -3.87. The Kier molecular flexibility index (Phi) is 8.40. The number of carbonyl (C=O) groups excluding carboxylic acids is 1. The molecule has 1 unspecified atom stereocenters. The third-order valence-corrected chi connectivity index (χ3v) is 8.41. The molecule has 0 saturated heterocycles. The van der Waals surface area contributed by atoms with Crippen LogP contribution in [0.5, 0.6) is 17.2 Å². The van der Waals surface area contributed by atoms with Crippen LogP contribution >= 0.6 is 0 Å². The Bertz CT molecular complexity index is 1550. The molecule has 2 aromatic carbocycles. The third kappa shape index (κ3) is 6.58. The zero-order chi connectivity index (χ0) is 31.9. The van der Waals surface area contributed by atoms with Gasteiger partial charge in [-0.2, -0.15) is 18.3 Å². The fraction of sp³-hybridized carbons (Fsp3) is 0.500. The molecule has 6 rings (SSSR count). The topological polar surface area (TPSA) is 81.0 Å². The molecule has 2 heterocycles. The van der Waals surface area contributed by atoms with Crippen molar-refractivity contribution in [3.05, 3.63) is 65.0 Å². The number of aromatic nitrogens is 2. The van der Waals surface area contributed by atoms with Crippen LogP contribution in [-0.2, 0) is 26.9 Å². The number of nitrogens with zero attached hydrogens (tertiary/aromatic N) is 2. The van der Waals surface area contributed by atoms with E-state index in [9.17, 15) is 26.7 Å². The fourth-order valence-electron chi connectivity index (χ4n) is 6.30. The maximum atomic E-state index is 14.2. The van der Waals surface area contributed by atoms with E-state index in [1.54, 1.807) is 44.2 Å². The second kappa shape index (κ2) is 12.1. The number of esters is 1. The molecule has 45 heavy (non-hydrogen) atoms. The van der Waals surface area contributed by atoms with Gasteiger partial charge in [-0.05, 0) is 88.6 Å². The zero-order valence-electron chi connectivity index (χ0n) is 24.7. The minimum absolute atomic E-state index is 0.0920. The van der Waals surface area contributed by atoms with Gasteiger partial charge in [-0.1, -0.05) is 12.1 Å². The molecule has 3 aromatic rings. The number of hydrogen-bond acceptors (Lipinski definition) is 7. The van der Waals surface area contributed by atoms with Crippen molar-refractivity contribution in [3.63, 3.8) is 0 Å². The molecule has 8 nitrogen and oxygen atoms in total. The summed E-state index contributed by atoms with van der Waals surface area (Å²) in [5.41, 5.74) is 0.438. The first-order valence-electron chi connectivity index (χ1n) is 15.1. The van der Waals surface area contributed by atoms with Gasteiger partial charge in [0.05, 0.1) is 30.0 Å². The molecule has 2 aliphatic carbocycles. The highest BCUT2D eigenvalue weighted by atomic mass is 19.4. The smallest absolute Gasteiger partial charge is 0.486 e. The number of benzene rings is 2. The van der Waals surface area contributed by atoms with E-state index >= 15 is 0 Å². The van der Waals surface area contributed by atoms with Gasteiger partial charge < -0.3 is 23.7 Å². The summed E-state index contributed by atoms with van der Waals surface area (Å²) in [6, 6.07) is 10.9. The molecule has 1 fully saturated rings. The van der Waals surface area contributed by atoms with Gasteiger partial charge in [0.1, 0.15) is 18.0 Å². The molecule has 1 saturated carbocycles. The van der Waals surface area contributed by atoms with Crippen LogP contribution in [0.25, 0.3) is 5.69 Å². The Morgan fingerprint density at radius 3 is 2.56 bits per heavy atom.